The van der Waals surface area contributed by atoms with Crippen LogP contribution in [0.5, 0.6) is 0 Å². The molecule has 0 N–H and O–H groups in total. The molecule has 6 nitrogen and oxygen atoms in total. The Morgan fingerprint density at radius 2 is 1.95 bits per heavy atom. The second kappa shape index (κ2) is 12.7. The molecule has 4 rings (SSSR count). The molecule has 1 aromatic heterocycles. The van der Waals surface area contributed by atoms with Gasteiger partial charge in [-0.3, -0.25) is 4.68 Å². The summed E-state index contributed by atoms with van der Waals surface area (Å²) in [6.07, 6.45) is 9.16. The Morgan fingerprint density at radius 3 is 2.62 bits per heavy atom. The van der Waals surface area contributed by atoms with Gasteiger partial charge in [-0.05, 0) is 29.8 Å². The highest BCUT2D eigenvalue weighted by Crippen LogP contribution is 2.35. The van der Waals surface area contributed by atoms with Crippen molar-refractivity contribution in [2.24, 2.45) is 0 Å². The van der Waals surface area contributed by atoms with Gasteiger partial charge in [0, 0.05) is 22.8 Å². The van der Waals surface area contributed by atoms with Crippen LogP contribution in [0, 0.1) is 28.8 Å². The monoisotopic (exact) mass is 526 g/mol. The van der Waals surface area contributed by atoms with E-state index in [0.29, 0.717) is 30.9 Å². The summed E-state index contributed by atoms with van der Waals surface area (Å²) in [5.41, 5.74) is 1.06. The molecule has 0 bridgehead atoms. The van der Waals surface area contributed by atoms with Crippen molar-refractivity contribution in [3.8, 4) is 6.07 Å². The lowest BCUT2D eigenvalue weighted by molar-refractivity contribution is -0.146. The van der Waals surface area contributed by atoms with Crippen molar-refractivity contribution in [1.82, 2.24) is 14.8 Å². The van der Waals surface area contributed by atoms with Crippen LogP contribution in [-0.4, -0.2) is 44.8 Å². The first kappa shape index (κ1) is 26.7. The van der Waals surface area contributed by atoms with E-state index in [-0.39, 0.29) is 22.0 Å². The van der Waals surface area contributed by atoms with Crippen LogP contribution < -0.4 is 0 Å². The van der Waals surface area contributed by atoms with Gasteiger partial charge < -0.3 is 9.47 Å². The van der Waals surface area contributed by atoms with E-state index in [1.807, 2.05) is 13.0 Å². The number of hydrogen-bond acceptors (Lipinski definition) is 6. The molecule has 0 radical (unpaired) electrons. The third kappa shape index (κ3) is 7.32. The Balaban J connectivity index is 1.32. The molecule has 0 spiro atoms. The van der Waals surface area contributed by atoms with Crippen molar-refractivity contribution in [1.29, 1.82) is 5.26 Å². The molecule has 0 saturated carbocycles. The zero-order valence-corrected chi connectivity index (χ0v) is 20.8. The fraction of sp³-hybridized carbons (Fsp3) is 0.296. The molecule has 0 amide bonds. The van der Waals surface area contributed by atoms with E-state index in [4.69, 9.17) is 14.7 Å². The lowest BCUT2D eigenvalue weighted by Crippen LogP contribution is -2.34. The molecule has 2 aromatic carbocycles. The average molecular weight is 527 g/mol. The topological polar surface area (TPSA) is 73.0 Å². The average Bonchev–Trinajstić information content (AvgIpc) is 3.40. The van der Waals surface area contributed by atoms with E-state index in [9.17, 15) is 13.2 Å². The van der Waals surface area contributed by atoms with Crippen LogP contribution in [0.15, 0.2) is 67.3 Å². The van der Waals surface area contributed by atoms with Crippen LogP contribution in [-0.2, 0) is 16.0 Å². The molecule has 1 aliphatic heterocycles. The molecule has 1 fully saturated rings. The lowest BCUT2D eigenvalue weighted by atomic mass is 9.95. The number of hydrogen-bond donors (Lipinski definition) is 0. The number of halogens is 3. The third-order valence-corrected chi connectivity index (χ3v) is 7.28. The maximum atomic E-state index is 14.6. The number of rotatable bonds is 9. The van der Waals surface area contributed by atoms with E-state index < -0.39 is 23.7 Å². The highest BCUT2D eigenvalue weighted by Gasteiger charge is 2.29. The molecular formula is C27H25F3N4O2S. The predicted molar refractivity (Wildman–Crippen MR) is 135 cm³/mol. The smallest absolute Gasteiger partial charge is 0.177 e. The van der Waals surface area contributed by atoms with E-state index in [1.54, 1.807) is 59.2 Å². The van der Waals surface area contributed by atoms with Gasteiger partial charge in [0.2, 0.25) is 0 Å². The van der Waals surface area contributed by atoms with Crippen molar-refractivity contribution < 1.29 is 22.6 Å². The summed E-state index contributed by atoms with van der Waals surface area (Å²) < 4.78 is 55.3. The first-order valence-electron chi connectivity index (χ1n) is 11.6. The Morgan fingerprint density at radius 1 is 1.14 bits per heavy atom. The van der Waals surface area contributed by atoms with Gasteiger partial charge in [0.05, 0.1) is 36.6 Å². The maximum absolute atomic E-state index is 14.6. The zero-order chi connectivity index (χ0) is 26.2. The fourth-order valence-electron chi connectivity index (χ4n) is 3.96. The maximum Gasteiger partial charge on any atom is 0.177 e. The van der Waals surface area contributed by atoms with E-state index in [1.165, 1.54) is 24.5 Å². The fourth-order valence-corrected chi connectivity index (χ4v) is 5.31. The van der Waals surface area contributed by atoms with Crippen molar-refractivity contribution in [2.45, 2.75) is 36.2 Å². The Kier molecular flexibility index (Phi) is 9.17. The summed E-state index contributed by atoms with van der Waals surface area (Å²) in [5, 5.41) is 12.9. The van der Waals surface area contributed by atoms with Crippen molar-refractivity contribution in [3.05, 3.63) is 101 Å². The highest BCUT2D eigenvalue weighted by atomic mass is 32.2. The number of allylic oxidation sites excluding steroid dienone is 2. The first-order chi connectivity index (χ1) is 17.9. The number of aromatic nitrogens is 3. The SMILES string of the molecule is CC(SC1COC(/C=C/C=C/c2ccc(C#N)cc2F)OC1)C(Cn1cncn1)c1ccc(F)cc1F. The minimum atomic E-state index is -0.619. The molecule has 1 aliphatic rings. The van der Waals surface area contributed by atoms with Gasteiger partial charge in [-0.15, -0.1) is 11.8 Å². The van der Waals surface area contributed by atoms with Gasteiger partial charge in [0.15, 0.2) is 6.29 Å². The van der Waals surface area contributed by atoms with Crippen LogP contribution >= 0.6 is 11.8 Å². The van der Waals surface area contributed by atoms with E-state index >= 15 is 0 Å². The molecule has 10 heteroatoms. The van der Waals surface area contributed by atoms with Crippen LogP contribution in [0.4, 0.5) is 13.2 Å². The van der Waals surface area contributed by atoms with Crippen LogP contribution in [0.2, 0.25) is 0 Å². The summed E-state index contributed by atoms with van der Waals surface area (Å²) in [5.74, 6) is -1.96. The van der Waals surface area contributed by atoms with Gasteiger partial charge in [-0.2, -0.15) is 10.4 Å². The molecule has 0 aliphatic carbocycles. The van der Waals surface area contributed by atoms with Gasteiger partial charge in [-0.25, -0.2) is 18.2 Å². The Labute approximate surface area is 217 Å². The van der Waals surface area contributed by atoms with Gasteiger partial charge in [0.25, 0.3) is 0 Å². The summed E-state index contributed by atoms with van der Waals surface area (Å²) in [6, 6.07) is 9.83. The lowest BCUT2D eigenvalue weighted by Gasteiger charge is -2.32. The quantitative estimate of drug-likeness (QED) is 0.344. The zero-order valence-electron chi connectivity index (χ0n) is 20.0. The summed E-state index contributed by atoms with van der Waals surface area (Å²) >= 11 is 1.62. The molecule has 2 unspecified atom stereocenters. The largest absolute Gasteiger partial charge is 0.348 e. The minimum Gasteiger partial charge on any atom is -0.348 e. The highest BCUT2D eigenvalue weighted by molar-refractivity contribution is 8.00. The summed E-state index contributed by atoms with van der Waals surface area (Å²) in [6.45, 7) is 3.25. The predicted octanol–water partition coefficient (Wildman–Crippen LogP) is 5.48. The van der Waals surface area contributed by atoms with Crippen molar-refractivity contribution in [2.75, 3.05) is 13.2 Å². The number of thioether (sulfide) groups is 1. The second-order valence-corrected chi connectivity index (χ2v) is 10.2. The summed E-state index contributed by atoms with van der Waals surface area (Å²) in [7, 11) is 0. The van der Waals surface area contributed by atoms with E-state index in [2.05, 4.69) is 10.1 Å². The molecule has 2 heterocycles. The van der Waals surface area contributed by atoms with Gasteiger partial charge in [0.1, 0.15) is 30.1 Å². The Bertz CT molecular complexity index is 1290. The normalized spacial score (nSPS) is 19.8. The first-order valence-corrected chi connectivity index (χ1v) is 12.6. The van der Waals surface area contributed by atoms with Crippen molar-refractivity contribution >= 4 is 17.8 Å². The summed E-state index contributed by atoms with van der Waals surface area (Å²) in [4.78, 5) is 3.96. The molecule has 192 valence electrons. The van der Waals surface area contributed by atoms with E-state index in [0.717, 1.165) is 6.07 Å². The van der Waals surface area contributed by atoms with Crippen LogP contribution in [0.1, 0.15) is 29.5 Å². The second-order valence-electron chi connectivity index (χ2n) is 8.48. The van der Waals surface area contributed by atoms with Crippen LogP contribution in [0.25, 0.3) is 6.08 Å². The molecule has 3 aromatic rings. The van der Waals surface area contributed by atoms with Crippen molar-refractivity contribution in [3.63, 3.8) is 0 Å². The standard InChI is InChI=1S/C27H25F3N4O2S/c1-18(24(13-34-17-32-16-33-34)23-9-8-21(28)11-26(23)30)37-22-14-35-27(36-15-22)5-3-2-4-20-7-6-19(12-31)10-25(20)29/h2-11,16-18,22,24,27H,13-15H2,1H3/b4-2+,5-3+. The molecular weight excluding hydrogens is 501 g/mol. The number of benzene rings is 2. The Hall–Kier alpha value is -3.39. The van der Waals surface area contributed by atoms with Gasteiger partial charge >= 0.3 is 0 Å². The number of nitrogens with zero attached hydrogens (tertiary/aromatic N) is 4. The number of nitriles is 1. The number of ether oxygens (including phenoxy) is 2. The molecule has 1 saturated heterocycles. The van der Waals surface area contributed by atoms with Gasteiger partial charge in [-0.1, -0.05) is 37.3 Å². The molecule has 37 heavy (non-hydrogen) atoms. The van der Waals surface area contributed by atoms with Crippen LogP contribution in [0.3, 0.4) is 0 Å². The molecule has 2 atom stereocenters. The third-order valence-electron chi connectivity index (χ3n) is 5.86. The minimum absolute atomic E-state index is 0.0182.